The summed E-state index contributed by atoms with van der Waals surface area (Å²) < 4.78 is 1.94. The quantitative estimate of drug-likeness (QED) is 0.399. The van der Waals surface area contributed by atoms with E-state index in [0.717, 1.165) is 34.6 Å². The summed E-state index contributed by atoms with van der Waals surface area (Å²) in [6.45, 7) is 5.00. The summed E-state index contributed by atoms with van der Waals surface area (Å²) >= 11 is 1.62. The van der Waals surface area contributed by atoms with Gasteiger partial charge in [-0.05, 0) is 60.7 Å². The molecule has 150 valence electrons. The zero-order chi connectivity index (χ0) is 20.8. The molecule has 5 heteroatoms. The fourth-order valence-corrected chi connectivity index (χ4v) is 3.98. The lowest BCUT2D eigenvalue weighted by molar-refractivity contribution is 0.816. The second-order valence-electron chi connectivity index (χ2n) is 7.16. The predicted molar refractivity (Wildman–Crippen MR) is 125 cm³/mol. The Morgan fingerprint density at radius 2 is 1.77 bits per heavy atom. The summed E-state index contributed by atoms with van der Waals surface area (Å²) in [5.41, 5.74) is 7.04. The Bertz CT molecular complexity index is 1200. The van der Waals surface area contributed by atoms with E-state index in [2.05, 4.69) is 66.7 Å². The zero-order valence-corrected chi connectivity index (χ0v) is 18.0. The second-order valence-corrected chi connectivity index (χ2v) is 7.99. The molecule has 0 saturated heterocycles. The smallest absolute Gasteiger partial charge is 0.206 e. The number of hydrogen-bond donors (Lipinski definition) is 0. The number of benzene rings is 2. The van der Waals surface area contributed by atoms with Gasteiger partial charge in [-0.3, -0.25) is 9.98 Å². The molecular formula is C25H24N4S. The first-order valence-corrected chi connectivity index (χ1v) is 10.9. The lowest BCUT2D eigenvalue weighted by atomic mass is 10.1. The molecule has 0 aliphatic carbocycles. The van der Waals surface area contributed by atoms with Crippen molar-refractivity contribution in [3.63, 3.8) is 0 Å². The van der Waals surface area contributed by atoms with Crippen molar-refractivity contribution < 1.29 is 0 Å². The lowest BCUT2D eigenvalue weighted by Crippen LogP contribution is -2.13. The Morgan fingerprint density at radius 1 is 0.967 bits per heavy atom. The fourth-order valence-electron chi connectivity index (χ4n) is 3.12. The Hall–Kier alpha value is -3.31. The Kier molecular flexibility index (Phi) is 6.30. The minimum atomic E-state index is 0.724. The molecule has 0 fully saturated rings. The van der Waals surface area contributed by atoms with Crippen LogP contribution in [-0.4, -0.2) is 22.4 Å². The largest absolute Gasteiger partial charge is 0.265 e. The molecule has 4 rings (SSSR count). The molecule has 2 aromatic carbocycles. The van der Waals surface area contributed by atoms with Crippen LogP contribution in [-0.2, 0) is 6.42 Å². The van der Waals surface area contributed by atoms with Crippen molar-refractivity contribution in [3.05, 3.63) is 105 Å². The van der Waals surface area contributed by atoms with E-state index in [1.54, 1.807) is 23.7 Å². The van der Waals surface area contributed by atoms with Gasteiger partial charge in [0.25, 0.3) is 0 Å². The van der Waals surface area contributed by atoms with E-state index in [4.69, 9.17) is 10.1 Å². The van der Waals surface area contributed by atoms with Crippen molar-refractivity contribution in [2.75, 3.05) is 6.54 Å². The van der Waals surface area contributed by atoms with E-state index in [1.807, 2.05) is 29.1 Å². The zero-order valence-electron chi connectivity index (χ0n) is 17.2. The number of nitrogens with zero attached hydrogens (tertiary/aromatic N) is 4. The van der Waals surface area contributed by atoms with Crippen LogP contribution in [0.15, 0.2) is 88.5 Å². The third kappa shape index (κ3) is 4.81. The van der Waals surface area contributed by atoms with Gasteiger partial charge in [-0.15, -0.1) is 11.3 Å². The van der Waals surface area contributed by atoms with Crippen LogP contribution in [0.3, 0.4) is 0 Å². The van der Waals surface area contributed by atoms with E-state index < -0.39 is 0 Å². The summed E-state index contributed by atoms with van der Waals surface area (Å²) in [6, 6.07) is 20.9. The lowest BCUT2D eigenvalue weighted by Gasteiger charge is -2.06. The fraction of sp³-hybridized carbons (Fsp3) is 0.160. The van der Waals surface area contributed by atoms with Crippen LogP contribution in [0.25, 0.3) is 11.3 Å². The second kappa shape index (κ2) is 9.46. The molecule has 0 saturated carbocycles. The maximum Gasteiger partial charge on any atom is 0.206 e. The summed E-state index contributed by atoms with van der Waals surface area (Å²) in [5.74, 6) is 0. The number of aryl methyl sites for hydroxylation is 2. The SMILES string of the molecule is Cc1ccc(-c2csc(=NCCc3ccccc3)n2N=Cc2ccncc2)cc1C. The van der Waals surface area contributed by atoms with Crippen molar-refractivity contribution >= 4 is 17.6 Å². The van der Waals surface area contributed by atoms with Crippen molar-refractivity contribution in [2.24, 2.45) is 10.1 Å². The Morgan fingerprint density at radius 3 is 2.53 bits per heavy atom. The summed E-state index contributed by atoms with van der Waals surface area (Å²) in [4.78, 5) is 9.82. The average molecular weight is 413 g/mol. The molecule has 0 spiro atoms. The van der Waals surface area contributed by atoms with Crippen LogP contribution in [0.4, 0.5) is 0 Å². The first-order chi connectivity index (χ1) is 14.7. The number of hydrogen-bond acceptors (Lipinski definition) is 4. The molecule has 2 heterocycles. The van der Waals surface area contributed by atoms with Gasteiger partial charge in [-0.1, -0.05) is 42.5 Å². The van der Waals surface area contributed by atoms with Gasteiger partial charge in [0.15, 0.2) is 0 Å². The van der Waals surface area contributed by atoms with E-state index in [-0.39, 0.29) is 0 Å². The number of pyridine rings is 1. The van der Waals surface area contributed by atoms with Crippen LogP contribution >= 0.6 is 11.3 Å². The minimum Gasteiger partial charge on any atom is -0.265 e. The van der Waals surface area contributed by atoms with Crippen molar-refractivity contribution in [2.45, 2.75) is 20.3 Å². The predicted octanol–water partition coefficient (Wildman–Crippen LogP) is 5.25. The normalized spacial score (nSPS) is 12.0. The average Bonchev–Trinajstić information content (AvgIpc) is 3.18. The third-order valence-corrected chi connectivity index (χ3v) is 5.86. The van der Waals surface area contributed by atoms with E-state index in [1.165, 1.54) is 16.7 Å². The maximum atomic E-state index is 4.86. The Labute approximate surface area is 180 Å². The molecular weight excluding hydrogens is 388 g/mol. The van der Waals surface area contributed by atoms with Crippen LogP contribution in [0, 0.1) is 13.8 Å². The molecule has 0 unspecified atom stereocenters. The molecule has 30 heavy (non-hydrogen) atoms. The summed E-state index contributed by atoms with van der Waals surface area (Å²) in [6.07, 6.45) is 6.31. The molecule has 4 nitrogen and oxygen atoms in total. The van der Waals surface area contributed by atoms with Crippen LogP contribution in [0.1, 0.15) is 22.3 Å². The molecule has 0 radical (unpaired) electrons. The first kappa shape index (κ1) is 20.0. The monoisotopic (exact) mass is 412 g/mol. The summed E-state index contributed by atoms with van der Waals surface area (Å²) in [7, 11) is 0. The van der Waals surface area contributed by atoms with Crippen molar-refractivity contribution in [3.8, 4) is 11.3 Å². The number of aromatic nitrogens is 2. The molecule has 0 aliphatic heterocycles. The van der Waals surface area contributed by atoms with Crippen LogP contribution < -0.4 is 4.80 Å². The topological polar surface area (TPSA) is 42.5 Å². The third-order valence-electron chi connectivity index (χ3n) is 5.01. The van der Waals surface area contributed by atoms with Gasteiger partial charge in [-0.2, -0.15) is 5.10 Å². The van der Waals surface area contributed by atoms with Crippen molar-refractivity contribution in [1.29, 1.82) is 0 Å². The number of rotatable bonds is 6. The van der Waals surface area contributed by atoms with Gasteiger partial charge >= 0.3 is 0 Å². The standard InChI is InChI=1S/C25H24N4S/c1-19-8-9-23(16-20(19)2)24-18-30-25(27-15-12-21-6-4-3-5-7-21)29(24)28-17-22-10-13-26-14-11-22/h3-11,13-14,16-18H,12,15H2,1-2H3. The van der Waals surface area contributed by atoms with Crippen LogP contribution in [0.5, 0.6) is 0 Å². The van der Waals surface area contributed by atoms with Gasteiger partial charge in [0.1, 0.15) is 0 Å². The van der Waals surface area contributed by atoms with E-state index >= 15 is 0 Å². The molecule has 0 amide bonds. The van der Waals surface area contributed by atoms with Gasteiger partial charge in [0, 0.05) is 29.9 Å². The highest BCUT2D eigenvalue weighted by molar-refractivity contribution is 7.07. The number of thiazole rings is 1. The van der Waals surface area contributed by atoms with E-state index in [0.29, 0.717) is 0 Å². The van der Waals surface area contributed by atoms with Gasteiger partial charge in [0.05, 0.1) is 11.9 Å². The van der Waals surface area contributed by atoms with Crippen molar-refractivity contribution in [1.82, 2.24) is 9.66 Å². The molecule has 4 aromatic rings. The minimum absolute atomic E-state index is 0.724. The van der Waals surface area contributed by atoms with Gasteiger partial charge < -0.3 is 0 Å². The molecule has 0 aliphatic rings. The van der Waals surface area contributed by atoms with E-state index in [9.17, 15) is 0 Å². The first-order valence-electron chi connectivity index (χ1n) is 9.98. The maximum absolute atomic E-state index is 4.86. The molecule has 2 aromatic heterocycles. The molecule has 0 bridgehead atoms. The Balaban J connectivity index is 1.70. The van der Waals surface area contributed by atoms with Gasteiger partial charge in [-0.25, -0.2) is 4.68 Å². The van der Waals surface area contributed by atoms with Crippen LogP contribution in [0.2, 0.25) is 0 Å². The highest BCUT2D eigenvalue weighted by Crippen LogP contribution is 2.23. The highest BCUT2D eigenvalue weighted by Gasteiger charge is 2.08. The van der Waals surface area contributed by atoms with Gasteiger partial charge in [0.2, 0.25) is 4.80 Å². The highest BCUT2D eigenvalue weighted by atomic mass is 32.1. The molecule has 0 atom stereocenters. The molecule has 0 N–H and O–H groups in total. The summed E-state index contributed by atoms with van der Waals surface area (Å²) in [5, 5.41) is 6.91.